The maximum Gasteiger partial charge on any atom is 0.328 e. The molecule has 11 heteroatoms. The Bertz CT molecular complexity index is 883. The molecule has 3 N–H and O–H groups in total. The summed E-state index contributed by atoms with van der Waals surface area (Å²) in [6.07, 6.45) is 3.06. The summed E-state index contributed by atoms with van der Waals surface area (Å²) in [7, 11) is -3.39. The van der Waals surface area contributed by atoms with E-state index in [2.05, 4.69) is 24.1 Å². The molecule has 198 valence electrons. The van der Waals surface area contributed by atoms with Crippen LogP contribution >= 0.6 is 0 Å². The van der Waals surface area contributed by atoms with Crippen LogP contribution in [0.15, 0.2) is 47.4 Å². The molecule has 0 saturated carbocycles. The van der Waals surface area contributed by atoms with E-state index in [1.165, 1.54) is 0 Å². The van der Waals surface area contributed by atoms with Crippen molar-refractivity contribution in [1.82, 2.24) is 15.1 Å². The van der Waals surface area contributed by atoms with E-state index in [1.807, 2.05) is 13.8 Å². The number of unbranched alkanes of at least 4 members (excludes halogenated alkanes) is 1. The highest BCUT2D eigenvalue weighted by Gasteiger charge is 2.21. The molecular formula is C24H39N3O7S. The van der Waals surface area contributed by atoms with Crippen LogP contribution in [-0.2, 0) is 19.4 Å². The van der Waals surface area contributed by atoms with Crippen molar-refractivity contribution in [3.63, 3.8) is 0 Å². The predicted octanol–water partition coefficient (Wildman–Crippen LogP) is 2.71. The standard InChI is InChI=1S/C20H35N3O3S.C4H4O4/c1-5-22(6-2)15-11-10-14-21-20(24)23(18(3)4)16-17-27(25,26)19-12-8-7-9-13-19;5-3(6)1-2-4(7)8/h7-9,12-13,18H,5-6,10-11,14-17H2,1-4H3,(H,21,24);1-2H,(H,5,6)(H,7,8). The zero-order valence-corrected chi connectivity index (χ0v) is 21.8. The molecule has 0 heterocycles. The van der Waals surface area contributed by atoms with Gasteiger partial charge in [-0.25, -0.2) is 22.8 Å². The van der Waals surface area contributed by atoms with Crippen LogP contribution in [0.4, 0.5) is 4.79 Å². The summed E-state index contributed by atoms with van der Waals surface area (Å²) in [5.74, 6) is -2.59. The first-order valence-corrected chi connectivity index (χ1v) is 13.3. The second kappa shape index (κ2) is 17.5. The van der Waals surface area contributed by atoms with Crippen molar-refractivity contribution in [2.45, 2.75) is 51.5 Å². The Balaban J connectivity index is 0.00000124. The Hall–Kier alpha value is -2.92. The summed E-state index contributed by atoms with van der Waals surface area (Å²) >= 11 is 0. The fraction of sp³-hybridized carbons (Fsp3) is 0.542. The fourth-order valence-electron chi connectivity index (χ4n) is 3.00. The van der Waals surface area contributed by atoms with Gasteiger partial charge >= 0.3 is 18.0 Å². The largest absolute Gasteiger partial charge is 0.478 e. The highest BCUT2D eigenvalue weighted by molar-refractivity contribution is 7.91. The van der Waals surface area contributed by atoms with E-state index in [0.29, 0.717) is 23.6 Å². The van der Waals surface area contributed by atoms with Gasteiger partial charge in [-0.2, -0.15) is 0 Å². The van der Waals surface area contributed by atoms with Crippen LogP contribution in [0, 0.1) is 0 Å². The van der Waals surface area contributed by atoms with Crippen LogP contribution in [0.5, 0.6) is 0 Å². The van der Waals surface area contributed by atoms with E-state index in [9.17, 15) is 22.8 Å². The molecule has 0 bridgehead atoms. The van der Waals surface area contributed by atoms with Crippen molar-refractivity contribution < 1.29 is 33.0 Å². The summed E-state index contributed by atoms with van der Waals surface area (Å²) < 4.78 is 24.9. The number of sulfone groups is 1. The smallest absolute Gasteiger partial charge is 0.328 e. The van der Waals surface area contributed by atoms with Crippen molar-refractivity contribution in [2.24, 2.45) is 0 Å². The molecule has 10 nitrogen and oxygen atoms in total. The monoisotopic (exact) mass is 513 g/mol. The minimum Gasteiger partial charge on any atom is -0.478 e. The van der Waals surface area contributed by atoms with Crippen molar-refractivity contribution >= 4 is 27.8 Å². The molecule has 0 fully saturated rings. The minimum absolute atomic E-state index is 0.0633. The summed E-state index contributed by atoms with van der Waals surface area (Å²) in [6.45, 7) is 12.0. The van der Waals surface area contributed by atoms with Gasteiger partial charge in [-0.3, -0.25) is 0 Å². The van der Waals surface area contributed by atoms with Crippen molar-refractivity contribution in [3.05, 3.63) is 42.5 Å². The Morgan fingerprint density at radius 1 is 0.943 bits per heavy atom. The first-order chi connectivity index (χ1) is 16.4. The number of nitrogens with one attached hydrogen (secondary N) is 1. The van der Waals surface area contributed by atoms with Crippen LogP contribution < -0.4 is 5.32 Å². The molecule has 1 aromatic carbocycles. The maximum absolute atomic E-state index is 12.5. The third-order valence-electron chi connectivity index (χ3n) is 5.03. The van der Waals surface area contributed by atoms with Gasteiger partial charge in [0, 0.05) is 31.3 Å². The predicted molar refractivity (Wildman–Crippen MR) is 135 cm³/mol. The second-order valence-corrected chi connectivity index (χ2v) is 10.0. The van der Waals surface area contributed by atoms with Crippen LogP contribution in [0.3, 0.4) is 0 Å². The molecule has 0 aromatic heterocycles. The molecule has 0 unspecified atom stereocenters. The lowest BCUT2D eigenvalue weighted by Gasteiger charge is -2.27. The molecule has 0 spiro atoms. The van der Waals surface area contributed by atoms with Gasteiger partial charge in [-0.15, -0.1) is 0 Å². The molecule has 0 aliphatic carbocycles. The van der Waals surface area contributed by atoms with E-state index in [1.54, 1.807) is 35.2 Å². The van der Waals surface area contributed by atoms with Crippen LogP contribution in [-0.4, -0.2) is 90.9 Å². The zero-order valence-electron chi connectivity index (χ0n) is 21.0. The lowest BCUT2D eigenvalue weighted by atomic mass is 10.3. The molecule has 0 saturated heterocycles. The number of carboxylic acids is 2. The number of hydrogen-bond acceptors (Lipinski definition) is 6. The summed E-state index contributed by atoms with van der Waals surface area (Å²) in [5.41, 5.74) is 0. The van der Waals surface area contributed by atoms with E-state index in [0.717, 1.165) is 32.5 Å². The van der Waals surface area contributed by atoms with Crippen molar-refractivity contribution in [2.75, 3.05) is 38.5 Å². The number of amides is 2. The van der Waals surface area contributed by atoms with Gasteiger partial charge in [0.15, 0.2) is 9.84 Å². The Labute approximate surface area is 208 Å². The summed E-state index contributed by atoms with van der Waals surface area (Å²) in [4.78, 5) is 35.8. The van der Waals surface area contributed by atoms with Crippen molar-refractivity contribution in [1.29, 1.82) is 0 Å². The maximum atomic E-state index is 12.5. The quantitative estimate of drug-likeness (QED) is 0.254. The van der Waals surface area contributed by atoms with Gasteiger partial charge in [0.25, 0.3) is 0 Å². The normalized spacial score (nSPS) is 11.3. The minimum atomic E-state index is -3.39. The lowest BCUT2D eigenvalue weighted by molar-refractivity contribution is -0.134. The number of carbonyl (C=O) groups excluding carboxylic acids is 1. The summed E-state index contributed by atoms with van der Waals surface area (Å²) in [5, 5.41) is 18.5. The number of nitrogens with zero attached hydrogens (tertiary/aromatic N) is 2. The highest BCUT2D eigenvalue weighted by atomic mass is 32.2. The number of rotatable bonds is 14. The molecule has 1 aromatic rings. The Kier molecular flexibility index (Phi) is 16.0. The topological polar surface area (TPSA) is 144 Å². The van der Waals surface area contributed by atoms with Crippen LogP contribution in [0.25, 0.3) is 0 Å². The lowest BCUT2D eigenvalue weighted by Crippen LogP contribution is -2.46. The number of urea groups is 1. The molecule has 0 atom stereocenters. The average Bonchev–Trinajstić information content (AvgIpc) is 2.81. The SMILES string of the molecule is CCN(CC)CCCCNC(=O)N(CCS(=O)(=O)c1ccccc1)C(C)C.O=C(O)C=CC(=O)O. The third kappa shape index (κ3) is 14.8. The molecule has 2 amide bonds. The Morgan fingerprint density at radius 3 is 1.94 bits per heavy atom. The Morgan fingerprint density at radius 2 is 1.49 bits per heavy atom. The van der Waals surface area contributed by atoms with Crippen LogP contribution in [0.1, 0.15) is 40.5 Å². The summed E-state index contributed by atoms with van der Waals surface area (Å²) in [6, 6.07) is 8.11. The van der Waals surface area contributed by atoms with Gasteiger partial charge in [0.2, 0.25) is 0 Å². The van der Waals surface area contributed by atoms with Gasteiger partial charge in [-0.1, -0.05) is 32.0 Å². The molecular weight excluding hydrogens is 474 g/mol. The number of carboxylic acid groups (broad SMARTS) is 2. The molecule has 1 rings (SSSR count). The average molecular weight is 514 g/mol. The number of carbonyl (C=O) groups is 3. The number of benzene rings is 1. The first kappa shape index (κ1) is 32.1. The second-order valence-electron chi connectivity index (χ2n) is 7.89. The zero-order chi connectivity index (χ0) is 26.9. The highest BCUT2D eigenvalue weighted by Crippen LogP contribution is 2.11. The van der Waals surface area contributed by atoms with Crippen LogP contribution in [0.2, 0.25) is 0 Å². The number of aliphatic carboxylic acids is 2. The van der Waals surface area contributed by atoms with E-state index in [-0.39, 0.29) is 24.4 Å². The van der Waals surface area contributed by atoms with Gasteiger partial charge in [-0.05, 0) is 58.5 Å². The molecule has 0 aliphatic heterocycles. The van der Waals surface area contributed by atoms with Crippen molar-refractivity contribution in [3.8, 4) is 0 Å². The molecule has 0 aliphatic rings. The van der Waals surface area contributed by atoms with E-state index in [4.69, 9.17) is 10.2 Å². The fourth-order valence-corrected chi connectivity index (χ4v) is 4.24. The molecule has 0 radical (unpaired) electrons. The van der Waals surface area contributed by atoms with Gasteiger partial charge < -0.3 is 25.3 Å². The van der Waals surface area contributed by atoms with E-state index < -0.39 is 21.8 Å². The third-order valence-corrected chi connectivity index (χ3v) is 6.74. The van der Waals surface area contributed by atoms with Gasteiger partial charge in [0.05, 0.1) is 10.6 Å². The number of hydrogen-bond donors (Lipinski definition) is 3. The first-order valence-electron chi connectivity index (χ1n) is 11.6. The molecule has 35 heavy (non-hydrogen) atoms. The van der Waals surface area contributed by atoms with Gasteiger partial charge in [0.1, 0.15) is 0 Å². The van der Waals surface area contributed by atoms with E-state index >= 15 is 0 Å².